The summed E-state index contributed by atoms with van der Waals surface area (Å²) in [6.07, 6.45) is 2.07. The summed E-state index contributed by atoms with van der Waals surface area (Å²) in [6, 6.07) is 8.30. The Labute approximate surface area is 148 Å². The molecule has 0 radical (unpaired) electrons. The van der Waals surface area contributed by atoms with Crippen LogP contribution in [-0.2, 0) is 4.79 Å². The van der Waals surface area contributed by atoms with Gasteiger partial charge in [-0.15, -0.1) is 0 Å². The van der Waals surface area contributed by atoms with Crippen LogP contribution in [-0.4, -0.2) is 60.1 Å². The fourth-order valence-electron chi connectivity index (χ4n) is 3.95. The number of hydrogen-bond acceptors (Lipinski definition) is 4. The Morgan fingerprint density at radius 2 is 1.88 bits per heavy atom. The number of piperazine rings is 1. The highest BCUT2D eigenvalue weighted by molar-refractivity contribution is 6.07. The molecule has 0 bridgehead atoms. The second-order valence-electron chi connectivity index (χ2n) is 7.73. The fourth-order valence-corrected chi connectivity index (χ4v) is 3.95. The van der Waals surface area contributed by atoms with E-state index >= 15 is 0 Å². The maximum absolute atomic E-state index is 12.7. The molecule has 0 aromatic heterocycles. The van der Waals surface area contributed by atoms with Gasteiger partial charge >= 0.3 is 6.03 Å². The normalized spacial score (nSPS) is 27.8. The van der Waals surface area contributed by atoms with Gasteiger partial charge < -0.3 is 10.2 Å². The standard InChI is InChI=1S/C19H26N4O2/c1-14-4-3-5-16(12-14)22-10-8-21(9-11-22)13-23-17(24)19(2,15-6-7-15)20-18(23)25/h3-5,12,15H,6-11,13H2,1-2H3,(H,20,25)/t19-/m1/s1. The van der Waals surface area contributed by atoms with Crippen molar-refractivity contribution in [2.45, 2.75) is 32.2 Å². The van der Waals surface area contributed by atoms with Crippen molar-refractivity contribution in [3.8, 4) is 0 Å². The van der Waals surface area contributed by atoms with Crippen molar-refractivity contribution in [1.29, 1.82) is 0 Å². The van der Waals surface area contributed by atoms with E-state index in [4.69, 9.17) is 0 Å². The van der Waals surface area contributed by atoms with E-state index in [9.17, 15) is 9.59 Å². The summed E-state index contributed by atoms with van der Waals surface area (Å²) in [7, 11) is 0. The minimum absolute atomic E-state index is 0.0545. The predicted molar refractivity (Wildman–Crippen MR) is 96.3 cm³/mol. The Bertz CT molecular complexity index is 694. The first-order chi connectivity index (χ1) is 12.0. The monoisotopic (exact) mass is 342 g/mol. The molecule has 3 aliphatic rings. The average Bonchev–Trinajstić information content (AvgIpc) is 3.42. The number of urea groups is 1. The van der Waals surface area contributed by atoms with E-state index in [1.165, 1.54) is 16.2 Å². The highest BCUT2D eigenvalue weighted by atomic mass is 16.2. The molecule has 2 saturated heterocycles. The van der Waals surface area contributed by atoms with E-state index in [1.54, 1.807) is 0 Å². The Morgan fingerprint density at radius 1 is 1.16 bits per heavy atom. The molecule has 6 heteroatoms. The summed E-state index contributed by atoms with van der Waals surface area (Å²) in [5.74, 6) is 0.258. The van der Waals surface area contributed by atoms with Crippen molar-refractivity contribution in [3.63, 3.8) is 0 Å². The molecule has 2 heterocycles. The second-order valence-corrected chi connectivity index (χ2v) is 7.73. The summed E-state index contributed by atoms with van der Waals surface area (Å²) < 4.78 is 0. The zero-order chi connectivity index (χ0) is 17.6. The molecular formula is C19H26N4O2. The van der Waals surface area contributed by atoms with Crippen LogP contribution in [0.5, 0.6) is 0 Å². The lowest BCUT2D eigenvalue weighted by molar-refractivity contribution is -0.133. The molecule has 6 nitrogen and oxygen atoms in total. The summed E-state index contributed by atoms with van der Waals surface area (Å²) >= 11 is 0. The zero-order valence-corrected chi connectivity index (χ0v) is 15.0. The van der Waals surface area contributed by atoms with Crippen LogP contribution in [0.4, 0.5) is 10.5 Å². The highest BCUT2D eigenvalue weighted by Crippen LogP contribution is 2.42. The third kappa shape index (κ3) is 2.99. The Kier molecular flexibility index (Phi) is 3.95. The number of imide groups is 1. The molecule has 0 spiro atoms. The van der Waals surface area contributed by atoms with E-state index in [-0.39, 0.29) is 11.9 Å². The van der Waals surface area contributed by atoms with E-state index in [0.717, 1.165) is 39.0 Å². The minimum Gasteiger partial charge on any atom is -0.369 e. The molecule has 1 aromatic rings. The smallest absolute Gasteiger partial charge is 0.326 e. The van der Waals surface area contributed by atoms with Gasteiger partial charge in [0.25, 0.3) is 5.91 Å². The molecule has 4 rings (SSSR count). The van der Waals surface area contributed by atoms with Gasteiger partial charge in [0.1, 0.15) is 5.54 Å². The SMILES string of the molecule is Cc1cccc(N2CCN(CN3C(=O)N[C@](C)(C4CC4)C3=O)CC2)c1. The number of hydrogen-bond donors (Lipinski definition) is 1. The summed E-state index contributed by atoms with van der Waals surface area (Å²) in [6.45, 7) is 7.90. The van der Waals surface area contributed by atoms with Gasteiger partial charge in [-0.2, -0.15) is 0 Å². The number of carbonyl (C=O) groups is 2. The van der Waals surface area contributed by atoms with Gasteiger partial charge in [0, 0.05) is 31.9 Å². The van der Waals surface area contributed by atoms with Gasteiger partial charge in [0.2, 0.25) is 0 Å². The van der Waals surface area contributed by atoms with Crippen molar-refractivity contribution in [2.75, 3.05) is 37.7 Å². The van der Waals surface area contributed by atoms with Crippen LogP contribution in [0.3, 0.4) is 0 Å². The van der Waals surface area contributed by atoms with Crippen LogP contribution in [0.1, 0.15) is 25.3 Å². The number of benzene rings is 1. The number of amides is 3. The Morgan fingerprint density at radius 3 is 2.52 bits per heavy atom. The molecule has 25 heavy (non-hydrogen) atoms. The average molecular weight is 342 g/mol. The molecule has 1 atom stereocenters. The first-order valence-corrected chi connectivity index (χ1v) is 9.15. The first kappa shape index (κ1) is 16.4. The van der Waals surface area contributed by atoms with Gasteiger partial charge in [0.15, 0.2) is 0 Å². The van der Waals surface area contributed by atoms with E-state index in [1.807, 2.05) is 6.92 Å². The van der Waals surface area contributed by atoms with Crippen LogP contribution < -0.4 is 10.2 Å². The van der Waals surface area contributed by atoms with E-state index in [2.05, 4.69) is 46.3 Å². The Balaban J connectivity index is 1.36. The van der Waals surface area contributed by atoms with Crippen LogP contribution in [0.2, 0.25) is 0 Å². The minimum atomic E-state index is -0.680. The second kappa shape index (κ2) is 6.02. The van der Waals surface area contributed by atoms with E-state index < -0.39 is 5.54 Å². The maximum Gasteiger partial charge on any atom is 0.326 e. The molecule has 1 N–H and O–H groups in total. The van der Waals surface area contributed by atoms with Crippen molar-refractivity contribution in [1.82, 2.24) is 15.1 Å². The van der Waals surface area contributed by atoms with Crippen molar-refractivity contribution in [3.05, 3.63) is 29.8 Å². The number of anilines is 1. The number of carbonyl (C=O) groups excluding carboxylic acids is 2. The topological polar surface area (TPSA) is 55.9 Å². The molecule has 3 amide bonds. The van der Waals surface area contributed by atoms with Gasteiger partial charge in [-0.3, -0.25) is 9.69 Å². The zero-order valence-electron chi connectivity index (χ0n) is 15.0. The Hall–Kier alpha value is -2.08. The maximum atomic E-state index is 12.7. The van der Waals surface area contributed by atoms with Gasteiger partial charge in [0.05, 0.1) is 6.67 Å². The lowest BCUT2D eigenvalue weighted by Crippen LogP contribution is -2.52. The van der Waals surface area contributed by atoms with Crippen molar-refractivity contribution >= 4 is 17.6 Å². The van der Waals surface area contributed by atoms with Gasteiger partial charge in [-0.25, -0.2) is 9.69 Å². The largest absolute Gasteiger partial charge is 0.369 e. The molecule has 3 fully saturated rings. The molecule has 1 aromatic carbocycles. The van der Waals surface area contributed by atoms with Gasteiger partial charge in [-0.05, 0) is 50.3 Å². The molecule has 1 aliphatic carbocycles. The molecule has 1 saturated carbocycles. The van der Waals surface area contributed by atoms with Crippen molar-refractivity contribution < 1.29 is 9.59 Å². The quantitative estimate of drug-likeness (QED) is 0.848. The molecule has 134 valence electrons. The summed E-state index contributed by atoms with van der Waals surface area (Å²) in [5.41, 5.74) is 1.83. The lowest BCUT2D eigenvalue weighted by Gasteiger charge is -2.37. The third-order valence-electron chi connectivity index (χ3n) is 5.78. The number of rotatable bonds is 4. The molecular weight excluding hydrogens is 316 g/mol. The van der Waals surface area contributed by atoms with Crippen LogP contribution in [0.15, 0.2) is 24.3 Å². The fraction of sp³-hybridized carbons (Fsp3) is 0.579. The predicted octanol–water partition coefficient (Wildman–Crippen LogP) is 1.80. The molecule has 2 aliphatic heterocycles. The summed E-state index contributed by atoms with van der Waals surface area (Å²) in [5, 5.41) is 2.92. The van der Waals surface area contributed by atoms with Crippen LogP contribution in [0, 0.1) is 12.8 Å². The van der Waals surface area contributed by atoms with Crippen LogP contribution in [0.25, 0.3) is 0 Å². The molecule has 0 unspecified atom stereocenters. The van der Waals surface area contributed by atoms with Gasteiger partial charge in [-0.1, -0.05) is 12.1 Å². The third-order valence-corrected chi connectivity index (χ3v) is 5.78. The van der Waals surface area contributed by atoms with Crippen molar-refractivity contribution in [2.24, 2.45) is 5.92 Å². The van der Waals surface area contributed by atoms with E-state index in [0.29, 0.717) is 12.6 Å². The number of aryl methyl sites for hydroxylation is 1. The number of nitrogens with zero attached hydrogens (tertiary/aromatic N) is 3. The first-order valence-electron chi connectivity index (χ1n) is 9.15. The number of nitrogens with one attached hydrogen (secondary N) is 1. The van der Waals surface area contributed by atoms with Crippen LogP contribution >= 0.6 is 0 Å². The lowest BCUT2D eigenvalue weighted by atomic mass is 9.96. The summed E-state index contributed by atoms with van der Waals surface area (Å²) in [4.78, 5) is 31.0. The highest BCUT2D eigenvalue weighted by Gasteiger charge is 2.56.